The molecule has 1 rings (SSSR count). The van der Waals surface area contributed by atoms with Crippen LogP contribution in [0.2, 0.25) is 0 Å². The minimum atomic E-state index is -0.244. The second kappa shape index (κ2) is 2.62. The fourth-order valence-electron chi connectivity index (χ4n) is 0.655. The average molecular weight is 140 g/mol. The van der Waals surface area contributed by atoms with Crippen LogP contribution in [0.4, 0.5) is 0 Å². The van der Waals surface area contributed by atoms with Crippen LogP contribution >= 0.6 is 0 Å². The molecule has 0 aliphatic carbocycles. The predicted octanol–water partition coefficient (Wildman–Crippen LogP) is -0.429. The van der Waals surface area contributed by atoms with Gasteiger partial charge in [0.05, 0.1) is 12.8 Å². The molecule has 10 heavy (non-hydrogen) atoms. The van der Waals surface area contributed by atoms with Crippen molar-refractivity contribution in [2.75, 3.05) is 0 Å². The number of nitrogens with one attached hydrogen (secondary N) is 1. The van der Waals surface area contributed by atoms with Crippen LogP contribution in [-0.2, 0) is 6.61 Å². The van der Waals surface area contributed by atoms with Crippen molar-refractivity contribution in [1.82, 2.24) is 10.2 Å². The van der Waals surface area contributed by atoms with Gasteiger partial charge in [0.1, 0.15) is 0 Å². The molecule has 4 nitrogen and oxygen atoms in total. The normalized spacial score (nSPS) is 9.80. The Balaban J connectivity index is 3.28. The third kappa shape index (κ3) is 1.06. The van der Waals surface area contributed by atoms with E-state index in [0.717, 1.165) is 0 Å². The zero-order valence-electron chi connectivity index (χ0n) is 5.59. The molecule has 0 radical (unpaired) electrons. The highest BCUT2D eigenvalue weighted by atomic mass is 16.3. The van der Waals surface area contributed by atoms with Crippen LogP contribution in [0.25, 0.3) is 0 Å². The van der Waals surface area contributed by atoms with Crippen LogP contribution in [0.3, 0.4) is 0 Å². The Bertz CT molecular complexity index is 279. The Morgan fingerprint density at radius 2 is 2.50 bits per heavy atom. The fourth-order valence-corrected chi connectivity index (χ4v) is 0.655. The predicted molar refractivity (Wildman–Crippen MR) is 35.5 cm³/mol. The first-order valence-electron chi connectivity index (χ1n) is 2.89. The van der Waals surface area contributed by atoms with Crippen LogP contribution < -0.4 is 5.56 Å². The van der Waals surface area contributed by atoms with Crippen molar-refractivity contribution >= 4 is 0 Å². The third-order valence-electron chi connectivity index (χ3n) is 1.38. The quantitative estimate of drug-likeness (QED) is 0.556. The molecule has 0 bridgehead atoms. The summed E-state index contributed by atoms with van der Waals surface area (Å²) in [7, 11) is 0. The first-order valence-corrected chi connectivity index (χ1v) is 2.89. The maximum absolute atomic E-state index is 10.8. The molecule has 0 aliphatic rings. The number of hydrogen-bond donors (Lipinski definition) is 2. The van der Waals surface area contributed by atoms with Gasteiger partial charge < -0.3 is 5.11 Å². The molecule has 0 amide bonds. The Morgan fingerprint density at radius 1 is 1.80 bits per heavy atom. The number of nitrogens with zero attached hydrogens (tertiary/aromatic N) is 1. The van der Waals surface area contributed by atoms with Gasteiger partial charge >= 0.3 is 0 Å². The van der Waals surface area contributed by atoms with E-state index in [0.29, 0.717) is 11.1 Å². The van der Waals surface area contributed by atoms with Crippen molar-refractivity contribution in [3.05, 3.63) is 27.7 Å². The molecule has 0 saturated carbocycles. The summed E-state index contributed by atoms with van der Waals surface area (Å²) in [5, 5.41) is 14.4. The Labute approximate surface area is 57.5 Å². The summed E-state index contributed by atoms with van der Waals surface area (Å²) in [6, 6.07) is 0. The maximum atomic E-state index is 10.8. The van der Waals surface area contributed by atoms with Gasteiger partial charge in [-0.05, 0) is 6.92 Å². The maximum Gasteiger partial charge on any atom is 0.267 e. The third-order valence-corrected chi connectivity index (χ3v) is 1.38. The summed E-state index contributed by atoms with van der Waals surface area (Å²) < 4.78 is 0. The first-order chi connectivity index (χ1) is 4.75. The summed E-state index contributed by atoms with van der Waals surface area (Å²) in [6.07, 6.45) is 1.44. The van der Waals surface area contributed by atoms with Gasteiger partial charge in [-0.1, -0.05) is 0 Å². The summed E-state index contributed by atoms with van der Waals surface area (Å²) in [5.41, 5.74) is 0.854. The SMILES string of the molecule is Cc1c(CO)cn[nH]c1=O. The van der Waals surface area contributed by atoms with E-state index in [4.69, 9.17) is 5.11 Å². The molecule has 0 saturated heterocycles. The van der Waals surface area contributed by atoms with E-state index >= 15 is 0 Å². The highest BCUT2D eigenvalue weighted by Crippen LogP contribution is 1.96. The summed E-state index contributed by atoms with van der Waals surface area (Å²) in [4.78, 5) is 10.8. The molecule has 1 aromatic rings. The zero-order valence-corrected chi connectivity index (χ0v) is 5.59. The molecular formula is C6H8N2O2. The van der Waals surface area contributed by atoms with Gasteiger partial charge in [0.15, 0.2) is 0 Å². The molecule has 0 spiro atoms. The van der Waals surface area contributed by atoms with Crippen molar-refractivity contribution in [3.8, 4) is 0 Å². The Morgan fingerprint density at radius 3 is 3.00 bits per heavy atom. The van der Waals surface area contributed by atoms with Crippen molar-refractivity contribution < 1.29 is 5.11 Å². The molecule has 1 heterocycles. The Hall–Kier alpha value is -1.16. The molecule has 54 valence electrons. The molecule has 0 atom stereocenters. The van der Waals surface area contributed by atoms with Crippen molar-refractivity contribution in [2.24, 2.45) is 0 Å². The van der Waals surface area contributed by atoms with E-state index in [1.807, 2.05) is 0 Å². The zero-order chi connectivity index (χ0) is 7.56. The largest absolute Gasteiger partial charge is 0.392 e. The van der Waals surface area contributed by atoms with E-state index in [9.17, 15) is 4.79 Å². The second-order valence-corrected chi connectivity index (χ2v) is 2.01. The molecular weight excluding hydrogens is 132 g/mol. The smallest absolute Gasteiger partial charge is 0.267 e. The molecule has 2 N–H and O–H groups in total. The number of aliphatic hydroxyl groups excluding tert-OH is 1. The minimum absolute atomic E-state index is 0.136. The average Bonchev–Trinajstić information content (AvgIpc) is 1.95. The van der Waals surface area contributed by atoms with Gasteiger partial charge in [-0.2, -0.15) is 5.10 Å². The minimum Gasteiger partial charge on any atom is -0.392 e. The van der Waals surface area contributed by atoms with Gasteiger partial charge in [0.2, 0.25) is 0 Å². The molecule has 0 aromatic carbocycles. The van der Waals surface area contributed by atoms with Gasteiger partial charge in [0, 0.05) is 11.1 Å². The van der Waals surface area contributed by atoms with E-state index < -0.39 is 0 Å². The number of hydrogen-bond acceptors (Lipinski definition) is 3. The summed E-state index contributed by atoms with van der Waals surface area (Å²) in [5.74, 6) is 0. The van der Waals surface area contributed by atoms with Gasteiger partial charge in [-0.25, -0.2) is 5.10 Å². The lowest BCUT2D eigenvalue weighted by atomic mass is 10.2. The topological polar surface area (TPSA) is 66.0 Å². The van der Waals surface area contributed by atoms with Crippen LogP contribution in [0.1, 0.15) is 11.1 Å². The monoisotopic (exact) mass is 140 g/mol. The molecule has 4 heteroatoms. The molecule has 0 aliphatic heterocycles. The second-order valence-electron chi connectivity index (χ2n) is 2.01. The Kier molecular flexibility index (Phi) is 1.82. The van der Waals surface area contributed by atoms with Crippen molar-refractivity contribution in [3.63, 3.8) is 0 Å². The van der Waals surface area contributed by atoms with Crippen LogP contribution in [-0.4, -0.2) is 15.3 Å². The summed E-state index contributed by atoms with van der Waals surface area (Å²) >= 11 is 0. The molecule has 1 aromatic heterocycles. The van der Waals surface area contributed by atoms with Crippen molar-refractivity contribution in [1.29, 1.82) is 0 Å². The fraction of sp³-hybridized carbons (Fsp3) is 0.333. The van der Waals surface area contributed by atoms with Crippen LogP contribution in [0.5, 0.6) is 0 Å². The number of rotatable bonds is 1. The van der Waals surface area contributed by atoms with Gasteiger partial charge in [-0.3, -0.25) is 4.79 Å². The van der Waals surface area contributed by atoms with Gasteiger partial charge in [-0.15, -0.1) is 0 Å². The molecule has 0 fully saturated rings. The van der Waals surface area contributed by atoms with Crippen molar-refractivity contribution in [2.45, 2.75) is 13.5 Å². The number of aromatic nitrogens is 2. The highest BCUT2D eigenvalue weighted by Gasteiger charge is 1.98. The lowest BCUT2D eigenvalue weighted by molar-refractivity contribution is 0.280. The number of aromatic amines is 1. The standard InChI is InChI=1S/C6H8N2O2/c1-4-5(3-9)2-7-8-6(4)10/h2,9H,3H2,1H3,(H,8,10). The lowest BCUT2D eigenvalue weighted by Crippen LogP contribution is -2.13. The number of aliphatic hydroxyl groups is 1. The van der Waals surface area contributed by atoms with E-state index in [1.54, 1.807) is 6.92 Å². The highest BCUT2D eigenvalue weighted by molar-refractivity contribution is 5.17. The van der Waals surface area contributed by atoms with E-state index in [-0.39, 0.29) is 12.2 Å². The van der Waals surface area contributed by atoms with E-state index in [2.05, 4.69) is 10.2 Å². The summed E-state index contributed by atoms with van der Waals surface area (Å²) in [6.45, 7) is 1.51. The first kappa shape index (κ1) is 6.95. The molecule has 0 unspecified atom stereocenters. The van der Waals surface area contributed by atoms with Crippen LogP contribution in [0, 0.1) is 6.92 Å². The van der Waals surface area contributed by atoms with Crippen LogP contribution in [0.15, 0.2) is 11.0 Å². The van der Waals surface area contributed by atoms with Gasteiger partial charge in [0.25, 0.3) is 5.56 Å². The lowest BCUT2D eigenvalue weighted by Gasteiger charge is -1.96. The number of H-pyrrole nitrogens is 1. The van der Waals surface area contributed by atoms with E-state index in [1.165, 1.54) is 6.20 Å².